The van der Waals surface area contributed by atoms with E-state index in [1.165, 1.54) is 0 Å². The van der Waals surface area contributed by atoms with E-state index in [0.29, 0.717) is 11.3 Å². The van der Waals surface area contributed by atoms with Gasteiger partial charge in [0.15, 0.2) is 0 Å². The maximum absolute atomic E-state index is 12.5. The fourth-order valence-electron chi connectivity index (χ4n) is 2.66. The van der Waals surface area contributed by atoms with E-state index in [9.17, 15) is 14.4 Å². The van der Waals surface area contributed by atoms with Gasteiger partial charge in [0.2, 0.25) is 11.8 Å². The van der Waals surface area contributed by atoms with Crippen LogP contribution in [0.15, 0.2) is 24.3 Å². The topological polar surface area (TPSA) is 113 Å². The average Bonchev–Trinajstić information content (AvgIpc) is 2.55. The molecule has 130 valence electrons. The maximum atomic E-state index is 12.5. The van der Waals surface area contributed by atoms with Crippen LogP contribution in [0.1, 0.15) is 43.0 Å². The molecule has 2 rings (SSSR count). The molecule has 5 N–H and O–H groups in total. The molecule has 0 saturated carbocycles. The highest BCUT2D eigenvalue weighted by atomic mass is 16.2. The highest BCUT2D eigenvalue weighted by Crippen LogP contribution is 2.21. The number of anilines is 1. The van der Waals surface area contributed by atoms with E-state index in [1.54, 1.807) is 24.3 Å². The normalized spacial score (nSPS) is 20.2. The number of hydrogen-bond acceptors (Lipinski definition) is 4. The molecule has 3 amide bonds. The van der Waals surface area contributed by atoms with E-state index in [4.69, 9.17) is 5.73 Å². The number of carbonyl (C=O) groups is 3. The first-order valence-corrected chi connectivity index (χ1v) is 8.14. The van der Waals surface area contributed by atoms with Crippen molar-refractivity contribution in [3.63, 3.8) is 0 Å². The van der Waals surface area contributed by atoms with Gasteiger partial charge in [-0.15, -0.1) is 0 Å². The third-order valence-electron chi connectivity index (χ3n) is 4.16. The van der Waals surface area contributed by atoms with Crippen LogP contribution < -0.4 is 21.7 Å². The SMILES string of the molecule is CC1(C(=O)Nc2cccc(C(=O)NCCC(N)=O)c2)CCCCN1. The molecule has 24 heavy (non-hydrogen) atoms. The Morgan fingerprint density at radius 2 is 2.08 bits per heavy atom. The van der Waals surface area contributed by atoms with E-state index >= 15 is 0 Å². The first kappa shape index (κ1) is 17.9. The van der Waals surface area contributed by atoms with Crippen LogP contribution in [0, 0.1) is 0 Å². The van der Waals surface area contributed by atoms with Gasteiger partial charge < -0.3 is 21.7 Å². The van der Waals surface area contributed by atoms with Crippen LogP contribution in [-0.2, 0) is 9.59 Å². The minimum atomic E-state index is -0.585. The number of benzene rings is 1. The van der Waals surface area contributed by atoms with Gasteiger partial charge in [-0.1, -0.05) is 6.07 Å². The smallest absolute Gasteiger partial charge is 0.251 e. The van der Waals surface area contributed by atoms with Crippen LogP contribution >= 0.6 is 0 Å². The van der Waals surface area contributed by atoms with Gasteiger partial charge in [-0.25, -0.2) is 0 Å². The number of nitrogens with one attached hydrogen (secondary N) is 3. The van der Waals surface area contributed by atoms with Crippen molar-refractivity contribution in [3.8, 4) is 0 Å². The molecule has 0 aliphatic carbocycles. The van der Waals surface area contributed by atoms with Gasteiger partial charge >= 0.3 is 0 Å². The molecular weight excluding hydrogens is 308 g/mol. The first-order valence-electron chi connectivity index (χ1n) is 8.14. The Kier molecular flexibility index (Phi) is 5.92. The third kappa shape index (κ3) is 4.79. The van der Waals surface area contributed by atoms with Crippen LogP contribution in [0.5, 0.6) is 0 Å². The highest BCUT2D eigenvalue weighted by Gasteiger charge is 2.34. The quantitative estimate of drug-likeness (QED) is 0.616. The molecule has 1 atom stereocenters. The second-order valence-electron chi connectivity index (χ2n) is 6.22. The Labute approximate surface area is 141 Å². The number of amides is 3. The number of piperidine rings is 1. The molecule has 1 unspecified atom stereocenters. The Bertz CT molecular complexity index is 624. The standard InChI is InChI=1S/C17H24N4O3/c1-17(8-2-3-9-20-17)16(24)21-13-6-4-5-12(11-13)15(23)19-10-7-14(18)22/h4-6,11,20H,2-3,7-10H2,1H3,(H2,18,22)(H,19,23)(H,21,24). The van der Waals surface area contributed by atoms with Gasteiger partial charge in [-0.05, 0) is 50.9 Å². The number of hydrogen-bond donors (Lipinski definition) is 4. The molecule has 7 heteroatoms. The summed E-state index contributed by atoms with van der Waals surface area (Å²) in [5, 5.41) is 8.74. The molecule has 1 heterocycles. The van der Waals surface area contributed by atoms with Crippen molar-refractivity contribution in [1.29, 1.82) is 0 Å². The Balaban J connectivity index is 1.98. The van der Waals surface area contributed by atoms with Crippen molar-refractivity contribution in [2.24, 2.45) is 5.73 Å². The van der Waals surface area contributed by atoms with E-state index in [2.05, 4.69) is 16.0 Å². The second kappa shape index (κ2) is 7.92. The summed E-state index contributed by atoms with van der Waals surface area (Å²) in [6.45, 7) is 2.90. The Morgan fingerprint density at radius 1 is 1.29 bits per heavy atom. The summed E-state index contributed by atoms with van der Waals surface area (Å²) in [7, 11) is 0. The lowest BCUT2D eigenvalue weighted by molar-refractivity contribution is -0.122. The molecule has 1 fully saturated rings. The van der Waals surface area contributed by atoms with E-state index in [-0.39, 0.29) is 24.8 Å². The van der Waals surface area contributed by atoms with Crippen molar-refractivity contribution in [3.05, 3.63) is 29.8 Å². The number of carbonyl (C=O) groups excluding carboxylic acids is 3. The summed E-state index contributed by atoms with van der Waals surface area (Å²) < 4.78 is 0. The summed E-state index contributed by atoms with van der Waals surface area (Å²) in [6, 6.07) is 6.71. The lowest BCUT2D eigenvalue weighted by atomic mass is 9.90. The predicted molar refractivity (Wildman–Crippen MR) is 91.5 cm³/mol. The lowest BCUT2D eigenvalue weighted by Gasteiger charge is -2.33. The van der Waals surface area contributed by atoms with Gasteiger partial charge in [0.05, 0.1) is 5.54 Å². The van der Waals surface area contributed by atoms with Crippen molar-refractivity contribution >= 4 is 23.4 Å². The van der Waals surface area contributed by atoms with Gasteiger partial charge in [0, 0.05) is 24.2 Å². The summed E-state index contributed by atoms with van der Waals surface area (Å²) in [5.41, 5.74) is 5.43. The number of nitrogens with two attached hydrogens (primary N) is 1. The molecule has 1 saturated heterocycles. The van der Waals surface area contributed by atoms with E-state index in [1.807, 2.05) is 6.92 Å². The lowest BCUT2D eigenvalue weighted by Crippen LogP contribution is -2.54. The summed E-state index contributed by atoms with van der Waals surface area (Å²) in [6.07, 6.45) is 2.96. The second-order valence-corrected chi connectivity index (χ2v) is 6.22. The fraction of sp³-hybridized carbons (Fsp3) is 0.471. The van der Waals surface area contributed by atoms with E-state index in [0.717, 1.165) is 25.8 Å². The zero-order valence-corrected chi connectivity index (χ0v) is 13.9. The minimum Gasteiger partial charge on any atom is -0.370 e. The van der Waals surface area contributed by atoms with Crippen molar-refractivity contribution < 1.29 is 14.4 Å². The van der Waals surface area contributed by atoms with Crippen LogP contribution in [-0.4, -0.2) is 36.3 Å². The first-order chi connectivity index (χ1) is 11.4. The molecule has 0 spiro atoms. The highest BCUT2D eigenvalue weighted by molar-refractivity contribution is 6.00. The maximum Gasteiger partial charge on any atom is 0.251 e. The zero-order valence-electron chi connectivity index (χ0n) is 13.9. The monoisotopic (exact) mass is 332 g/mol. The Morgan fingerprint density at radius 3 is 2.75 bits per heavy atom. The molecule has 0 radical (unpaired) electrons. The molecular formula is C17H24N4O3. The zero-order chi connectivity index (χ0) is 17.6. The summed E-state index contributed by atoms with van der Waals surface area (Å²) in [4.78, 5) is 35.2. The average molecular weight is 332 g/mol. The van der Waals surface area contributed by atoms with Crippen LogP contribution in [0.25, 0.3) is 0 Å². The predicted octanol–water partition coefficient (Wildman–Crippen LogP) is 0.763. The number of rotatable bonds is 6. The minimum absolute atomic E-state index is 0.0895. The number of primary amides is 1. The van der Waals surface area contributed by atoms with Gasteiger partial charge in [-0.3, -0.25) is 14.4 Å². The molecule has 7 nitrogen and oxygen atoms in total. The summed E-state index contributed by atoms with van der Waals surface area (Å²) >= 11 is 0. The molecule has 1 aliphatic heterocycles. The van der Waals surface area contributed by atoms with Crippen LogP contribution in [0.3, 0.4) is 0 Å². The molecule has 1 aromatic carbocycles. The van der Waals surface area contributed by atoms with Gasteiger partial charge in [0.25, 0.3) is 5.91 Å². The van der Waals surface area contributed by atoms with E-state index < -0.39 is 11.4 Å². The molecule has 1 aliphatic rings. The molecule has 0 aromatic heterocycles. The van der Waals surface area contributed by atoms with Crippen molar-refractivity contribution in [2.45, 2.75) is 38.1 Å². The molecule has 1 aromatic rings. The fourth-order valence-corrected chi connectivity index (χ4v) is 2.66. The summed E-state index contributed by atoms with van der Waals surface area (Å²) in [5.74, 6) is -0.882. The van der Waals surface area contributed by atoms with Gasteiger partial charge in [-0.2, -0.15) is 0 Å². The largest absolute Gasteiger partial charge is 0.370 e. The van der Waals surface area contributed by atoms with Crippen molar-refractivity contribution in [1.82, 2.24) is 10.6 Å². The van der Waals surface area contributed by atoms with Gasteiger partial charge in [0.1, 0.15) is 0 Å². The third-order valence-corrected chi connectivity index (χ3v) is 4.16. The van der Waals surface area contributed by atoms with Crippen molar-refractivity contribution in [2.75, 3.05) is 18.4 Å². The Hall–Kier alpha value is -2.41. The molecule has 0 bridgehead atoms. The van der Waals surface area contributed by atoms with Crippen LogP contribution in [0.2, 0.25) is 0 Å². The van der Waals surface area contributed by atoms with Crippen LogP contribution in [0.4, 0.5) is 5.69 Å².